The second-order valence-electron chi connectivity index (χ2n) is 3.03. The minimum atomic E-state index is -0.333. The van der Waals surface area contributed by atoms with E-state index in [2.05, 4.69) is 16.6 Å². The van der Waals surface area contributed by atoms with E-state index in [1.165, 1.54) is 6.92 Å². The van der Waals surface area contributed by atoms with Gasteiger partial charge >= 0.3 is 0 Å². The van der Waals surface area contributed by atoms with Crippen molar-refractivity contribution in [1.82, 2.24) is 10.9 Å². The summed E-state index contributed by atoms with van der Waals surface area (Å²) < 4.78 is 0. The molecule has 1 heterocycles. The van der Waals surface area contributed by atoms with E-state index >= 15 is 0 Å². The van der Waals surface area contributed by atoms with Crippen molar-refractivity contribution in [2.24, 2.45) is 17.2 Å². The molecular formula is C7H19N5O2S. The predicted molar refractivity (Wildman–Crippen MR) is 60.4 cm³/mol. The van der Waals surface area contributed by atoms with E-state index < -0.39 is 0 Å². The lowest BCUT2D eigenvalue weighted by Crippen LogP contribution is -2.45. The van der Waals surface area contributed by atoms with Crippen molar-refractivity contribution >= 4 is 17.7 Å². The van der Waals surface area contributed by atoms with Gasteiger partial charge in [-0.05, 0) is 0 Å². The quantitative estimate of drug-likeness (QED) is 0.313. The standard InChI is InChI=1S/C5H14N4OS.C2H5NO/c6-1-4-8-9-5(11-4)3(7)2-10;1-2(3)4/h3-5,8-10H,1-2,6-7H2;1H3,(H2,3,4). The fourth-order valence-electron chi connectivity index (χ4n) is 0.838. The Bertz CT molecular complexity index is 190. The number of nitrogens with two attached hydrogens (primary N) is 3. The van der Waals surface area contributed by atoms with Gasteiger partial charge in [-0.2, -0.15) is 0 Å². The molecule has 0 aromatic rings. The molecule has 0 aliphatic carbocycles. The van der Waals surface area contributed by atoms with Gasteiger partial charge in [0, 0.05) is 13.5 Å². The molecule has 0 aromatic heterocycles. The van der Waals surface area contributed by atoms with Crippen molar-refractivity contribution in [3.05, 3.63) is 0 Å². The van der Waals surface area contributed by atoms with Crippen LogP contribution < -0.4 is 28.1 Å². The van der Waals surface area contributed by atoms with Crippen molar-refractivity contribution in [1.29, 1.82) is 0 Å². The second kappa shape index (κ2) is 7.85. The van der Waals surface area contributed by atoms with Gasteiger partial charge in [-0.15, -0.1) is 11.8 Å². The van der Waals surface area contributed by atoms with Gasteiger partial charge in [0.1, 0.15) is 0 Å². The third kappa shape index (κ3) is 6.66. The van der Waals surface area contributed by atoms with Gasteiger partial charge in [0.15, 0.2) is 0 Å². The Morgan fingerprint density at radius 2 is 2.13 bits per heavy atom. The fourth-order valence-corrected chi connectivity index (χ4v) is 1.86. The fraction of sp³-hybridized carbons (Fsp3) is 0.857. The zero-order valence-electron chi connectivity index (χ0n) is 8.64. The first-order chi connectivity index (χ1) is 7.01. The maximum absolute atomic E-state index is 9.22. The van der Waals surface area contributed by atoms with Gasteiger partial charge in [0.05, 0.1) is 23.4 Å². The number of hydrogen-bond acceptors (Lipinski definition) is 7. The van der Waals surface area contributed by atoms with Gasteiger partial charge < -0.3 is 22.3 Å². The summed E-state index contributed by atoms with van der Waals surface area (Å²) in [5, 5.41) is 8.99. The van der Waals surface area contributed by atoms with Crippen LogP contribution in [-0.4, -0.2) is 41.0 Å². The molecule has 1 fully saturated rings. The molecule has 1 rings (SSSR count). The molecule has 3 unspecified atom stereocenters. The summed E-state index contributed by atoms with van der Waals surface area (Å²) in [4.78, 5) is 9.22. The van der Waals surface area contributed by atoms with Crippen molar-refractivity contribution in [3.8, 4) is 0 Å². The lowest BCUT2D eigenvalue weighted by Gasteiger charge is -2.14. The Labute approximate surface area is 93.1 Å². The number of primary amides is 1. The molecule has 15 heavy (non-hydrogen) atoms. The molecular weight excluding hydrogens is 218 g/mol. The Morgan fingerprint density at radius 3 is 2.47 bits per heavy atom. The maximum atomic E-state index is 9.22. The summed E-state index contributed by atoms with van der Waals surface area (Å²) in [5.41, 5.74) is 21.4. The van der Waals surface area contributed by atoms with Crippen LogP contribution in [0.2, 0.25) is 0 Å². The van der Waals surface area contributed by atoms with Crippen molar-refractivity contribution < 1.29 is 9.90 Å². The molecule has 1 amide bonds. The molecule has 1 saturated heterocycles. The van der Waals surface area contributed by atoms with E-state index in [0.717, 1.165) is 0 Å². The van der Waals surface area contributed by atoms with Gasteiger partial charge in [0.2, 0.25) is 5.91 Å². The van der Waals surface area contributed by atoms with Crippen molar-refractivity contribution in [2.75, 3.05) is 13.2 Å². The van der Waals surface area contributed by atoms with Crippen LogP contribution in [0.4, 0.5) is 0 Å². The SMILES string of the molecule is CC(N)=O.NCC1NNC(C(N)CO)S1. The van der Waals surface area contributed by atoms with Crippen LogP contribution in [0.15, 0.2) is 0 Å². The van der Waals surface area contributed by atoms with Crippen LogP contribution in [0.25, 0.3) is 0 Å². The van der Waals surface area contributed by atoms with E-state index in [0.29, 0.717) is 6.54 Å². The third-order valence-electron chi connectivity index (χ3n) is 1.51. The van der Waals surface area contributed by atoms with E-state index in [-0.39, 0.29) is 29.3 Å². The average Bonchev–Trinajstić information content (AvgIpc) is 2.64. The number of rotatable bonds is 3. The highest BCUT2D eigenvalue weighted by Gasteiger charge is 2.27. The van der Waals surface area contributed by atoms with E-state index in [9.17, 15) is 4.79 Å². The van der Waals surface area contributed by atoms with Crippen LogP contribution in [0.5, 0.6) is 0 Å². The zero-order valence-corrected chi connectivity index (χ0v) is 9.46. The lowest BCUT2D eigenvalue weighted by atomic mass is 10.3. The smallest absolute Gasteiger partial charge is 0.214 e. The molecule has 1 aliphatic heterocycles. The van der Waals surface area contributed by atoms with Gasteiger partial charge in [-0.3, -0.25) is 4.79 Å². The van der Waals surface area contributed by atoms with E-state index in [1.54, 1.807) is 11.8 Å². The van der Waals surface area contributed by atoms with Crippen LogP contribution in [-0.2, 0) is 4.79 Å². The molecule has 0 aromatic carbocycles. The topological polar surface area (TPSA) is 139 Å². The number of carbonyl (C=O) groups is 1. The number of hydrogen-bond donors (Lipinski definition) is 6. The highest BCUT2D eigenvalue weighted by atomic mass is 32.2. The molecule has 0 spiro atoms. The highest BCUT2D eigenvalue weighted by molar-refractivity contribution is 8.00. The Morgan fingerprint density at radius 1 is 1.60 bits per heavy atom. The summed E-state index contributed by atoms with van der Waals surface area (Å²) >= 11 is 1.61. The van der Waals surface area contributed by atoms with Gasteiger partial charge in [-0.25, -0.2) is 10.9 Å². The predicted octanol–water partition coefficient (Wildman–Crippen LogP) is -2.75. The van der Waals surface area contributed by atoms with Crippen LogP contribution >= 0.6 is 11.8 Å². The van der Waals surface area contributed by atoms with Crippen molar-refractivity contribution in [2.45, 2.75) is 23.7 Å². The minimum Gasteiger partial charge on any atom is -0.395 e. The average molecular weight is 237 g/mol. The summed E-state index contributed by atoms with van der Waals surface area (Å²) in [6.07, 6.45) is 0. The first kappa shape index (κ1) is 14.6. The lowest BCUT2D eigenvalue weighted by molar-refractivity contribution is -0.115. The molecule has 0 radical (unpaired) electrons. The number of carbonyl (C=O) groups excluding carboxylic acids is 1. The van der Waals surface area contributed by atoms with Gasteiger partial charge in [-0.1, -0.05) is 0 Å². The normalized spacial score (nSPS) is 26.7. The number of amides is 1. The molecule has 90 valence electrons. The Kier molecular flexibility index (Phi) is 7.65. The summed E-state index contributed by atoms with van der Waals surface area (Å²) in [7, 11) is 0. The van der Waals surface area contributed by atoms with Crippen LogP contribution in [0.1, 0.15) is 6.92 Å². The third-order valence-corrected chi connectivity index (χ3v) is 2.91. The molecule has 8 heteroatoms. The first-order valence-corrected chi connectivity index (χ1v) is 5.44. The minimum absolute atomic E-state index is 0.0103. The molecule has 0 bridgehead atoms. The monoisotopic (exact) mass is 237 g/mol. The Balaban J connectivity index is 0.000000423. The number of thioether (sulfide) groups is 1. The van der Waals surface area contributed by atoms with E-state index in [4.69, 9.17) is 16.6 Å². The number of aliphatic hydroxyl groups excluding tert-OH is 1. The largest absolute Gasteiger partial charge is 0.395 e. The van der Waals surface area contributed by atoms with Crippen LogP contribution in [0, 0.1) is 0 Å². The Hall–Kier alpha value is -0.380. The van der Waals surface area contributed by atoms with Crippen LogP contribution in [0.3, 0.4) is 0 Å². The zero-order chi connectivity index (χ0) is 11.8. The molecule has 3 atom stereocenters. The summed E-state index contributed by atoms with van der Waals surface area (Å²) in [6.45, 7) is 1.86. The number of hydrazine groups is 1. The summed E-state index contributed by atoms with van der Waals surface area (Å²) in [5.74, 6) is -0.333. The highest BCUT2D eigenvalue weighted by Crippen LogP contribution is 2.19. The number of aliphatic hydroxyl groups is 1. The van der Waals surface area contributed by atoms with Crippen molar-refractivity contribution in [3.63, 3.8) is 0 Å². The molecule has 0 saturated carbocycles. The van der Waals surface area contributed by atoms with Gasteiger partial charge in [0.25, 0.3) is 0 Å². The molecule has 9 N–H and O–H groups in total. The second-order valence-corrected chi connectivity index (χ2v) is 4.38. The maximum Gasteiger partial charge on any atom is 0.214 e. The molecule has 7 nitrogen and oxygen atoms in total. The summed E-state index contributed by atoms with van der Waals surface area (Å²) in [6, 6.07) is -0.232. The number of nitrogens with one attached hydrogen (secondary N) is 2. The first-order valence-electron chi connectivity index (χ1n) is 4.50. The van der Waals surface area contributed by atoms with E-state index in [1.807, 2.05) is 0 Å². The molecule has 1 aliphatic rings.